The van der Waals surface area contributed by atoms with E-state index in [1.807, 2.05) is 18.2 Å². The van der Waals surface area contributed by atoms with Gasteiger partial charge in [-0.05, 0) is 73.7 Å². The molecule has 0 bridgehead atoms. The number of nitrogens with zero attached hydrogens (tertiary/aromatic N) is 2. The molecule has 0 radical (unpaired) electrons. The van der Waals surface area contributed by atoms with Crippen molar-refractivity contribution in [1.29, 1.82) is 0 Å². The van der Waals surface area contributed by atoms with Crippen LogP contribution in [-0.2, 0) is 17.6 Å². The van der Waals surface area contributed by atoms with Gasteiger partial charge in [0.05, 0.1) is 36.4 Å². The Balaban J connectivity index is 0.00000380. The van der Waals surface area contributed by atoms with Crippen molar-refractivity contribution in [3.63, 3.8) is 0 Å². The standard InChI is InChI=1S/C28H31FN2O5.Na/c1-36-24-6-2-4-18(15-24)14-19-5-3-7-25-26(13-12-22(32)16-23(33)17-27(34)35)31(30-28(19)25)21-10-8-20(29)9-11-21;/h2,4,6,8-13,15,19,22-23,32-33H,3,5,7,14,16-17H2,1H3,(H,34,35);/q;+1/p-1/b13-12+;/t19?,22-,23-;/m1./s1. The van der Waals surface area contributed by atoms with Gasteiger partial charge in [-0.15, -0.1) is 0 Å². The van der Waals surface area contributed by atoms with Crippen molar-refractivity contribution in [1.82, 2.24) is 9.78 Å². The summed E-state index contributed by atoms with van der Waals surface area (Å²) in [6.07, 6.45) is 3.91. The number of aliphatic hydroxyl groups excluding tert-OH is 2. The van der Waals surface area contributed by atoms with Crippen molar-refractivity contribution in [3.8, 4) is 11.4 Å². The molecule has 0 fully saturated rings. The van der Waals surface area contributed by atoms with Crippen molar-refractivity contribution in [2.24, 2.45) is 0 Å². The second-order valence-electron chi connectivity index (χ2n) is 9.17. The van der Waals surface area contributed by atoms with Gasteiger partial charge in [0.1, 0.15) is 11.6 Å². The van der Waals surface area contributed by atoms with Crippen LogP contribution in [0.5, 0.6) is 5.75 Å². The first-order chi connectivity index (χ1) is 17.3. The molecule has 1 aliphatic rings. The number of fused-ring (bicyclic) bond motifs is 1. The topological polar surface area (TPSA) is 108 Å². The van der Waals surface area contributed by atoms with E-state index in [4.69, 9.17) is 9.84 Å². The number of hydrogen-bond donors (Lipinski definition) is 2. The van der Waals surface area contributed by atoms with Gasteiger partial charge in [0, 0.05) is 30.3 Å². The number of carbonyl (C=O) groups is 1. The fraction of sp³-hybridized carbons (Fsp3) is 0.357. The molecule has 0 aliphatic heterocycles. The SMILES string of the molecule is COc1cccc(CC2CCCc3c2nn(-c2ccc(F)cc2)c3/C=C/[C@@H](O)C[C@@H](O)CC(=O)[O-])c1.[Na+]. The number of aliphatic hydroxyl groups is 2. The van der Waals surface area contributed by atoms with Gasteiger partial charge < -0.3 is 24.9 Å². The Morgan fingerprint density at radius 3 is 2.73 bits per heavy atom. The molecule has 0 saturated carbocycles. The molecule has 1 aromatic heterocycles. The minimum Gasteiger partial charge on any atom is -0.550 e. The van der Waals surface area contributed by atoms with Crippen LogP contribution in [0.25, 0.3) is 11.8 Å². The third-order valence-corrected chi connectivity index (χ3v) is 6.50. The summed E-state index contributed by atoms with van der Waals surface area (Å²) in [7, 11) is 1.65. The molecule has 1 heterocycles. The van der Waals surface area contributed by atoms with E-state index in [0.717, 1.165) is 53.9 Å². The summed E-state index contributed by atoms with van der Waals surface area (Å²) in [5.41, 5.74) is 4.66. The Labute approximate surface area is 237 Å². The second-order valence-corrected chi connectivity index (χ2v) is 9.17. The summed E-state index contributed by atoms with van der Waals surface area (Å²) in [5.74, 6) is -0.728. The number of aromatic nitrogens is 2. The molecule has 0 saturated heterocycles. The van der Waals surface area contributed by atoms with Gasteiger partial charge in [0.15, 0.2) is 0 Å². The van der Waals surface area contributed by atoms with Crippen LogP contribution in [0.1, 0.15) is 54.1 Å². The third-order valence-electron chi connectivity index (χ3n) is 6.50. The first-order valence-corrected chi connectivity index (χ1v) is 12.1. The number of ether oxygens (including phenoxy) is 1. The monoisotopic (exact) mass is 516 g/mol. The molecule has 4 rings (SSSR count). The zero-order valence-electron chi connectivity index (χ0n) is 21.1. The number of carboxylic acid groups (broad SMARTS) is 1. The largest absolute Gasteiger partial charge is 1.00 e. The zero-order valence-corrected chi connectivity index (χ0v) is 23.1. The maximum Gasteiger partial charge on any atom is 1.00 e. The van der Waals surface area contributed by atoms with Gasteiger partial charge in [-0.3, -0.25) is 0 Å². The van der Waals surface area contributed by atoms with E-state index in [9.17, 15) is 24.5 Å². The fourth-order valence-corrected chi connectivity index (χ4v) is 4.80. The van der Waals surface area contributed by atoms with E-state index in [2.05, 4.69) is 6.07 Å². The maximum absolute atomic E-state index is 13.6. The predicted molar refractivity (Wildman–Crippen MR) is 131 cm³/mol. The van der Waals surface area contributed by atoms with Crippen LogP contribution in [0.15, 0.2) is 54.6 Å². The Kier molecular flexibility index (Phi) is 10.5. The van der Waals surface area contributed by atoms with E-state index in [0.29, 0.717) is 5.69 Å². The summed E-state index contributed by atoms with van der Waals surface area (Å²) in [4.78, 5) is 10.7. The molecule has 3 atom stereocenters. The molecule has 1 aliphatic carbocycles. The van der Waals surface area contributed by atoms with Crippen LogP contribution in [0.3, 0.4) is 0 Å². The predicted octanol–water partition coefficient (Wildman–Crippen LogP) is -0.0483. The summed E-state index contributed by atoms with van der Waals surface area (Å²) < 4.78 is 20.7. The average molecular weight is 517 g/mol. The molecule has 2 N–H and O–H groups in total. The molecule has 0 amide bonds. The van der Waals surface area contributed by atoms with Crippen molar-refractivity contribution in [3.05, 3.63) is 82.9 Å². The number of hydrogen-bond acceptors (Lipinski definition) is 6. The smallest absolute Gasteiger partial charge is 0.550 e. The number of benzene rings is 2. The van der Waals surface area contributed by atoms with Crippen molar-refractivity contribution >= 4 is 12.0 Å². The van der Waals surface area contributed by atoms with Gasteiger partial charge in [-0.1, -0.05) is 18.2 Å². The summed E-state index contributed by atoms with van der Waals surface area (Å²) in [5, 5.41) is 35.9. The molecule has 2 aromatic carbocycles. The normalized spacial score (nSPS) is 16.6. The van der Waals surface area contributed by atoms with Gasteiger partial charge in [-0.25, -0.2) is 9.07 Å². The van der Waals surface area contributed by atoms with E-state index >= 15 is 0 Å². The number of methoxy groups -OCH3 is 1. The second kappa shape index (κ2) is 13.3. The van der Waals surface area contributed by atoms with E-state index in [1.54, 1.807) is 30.0 Å². The first-order valence-electron chi connectivity index (χ1n) is 12.1. The molecule has 7 nitrogen and oxygen atoms in total. The minimum atomic E-state index is -1.37. The molecular weight excluding hydrogens is 486 g/mol. The summed E-state index contributed by atoms with van der Waals surface area (Å²) >= 11 is 0. The Morgan fingerprint density at radius 1 is 1.27 bits per heavy atom. The van der Waals surface area contributed by atoms with Crippen LogP contribution in [0.2, 0.25) is 0 Å². The average Bonchev–Trinajstić information content (AvgIpc) is 3.22. The Hall–Kier alpha value is -2.49. The van der Waals surface area contributed by atoms with Gasteiger partial charge in [-0.2, -0.15) is 5.10 Å². The van der Waals surface area contributed by atoms with E-state index < -0.39 is 24.6 Å². The van der Waals surface area contributed by atoms with Gasteiger partial charge in [0.25, 0.3) is 0 Å². The summed E-state index contributed by atoms with van der Waals surface area (Å²) in [6.45, 7) is 0. The van der Waals surface area contributed by atoms with Crippen LogP contribution in [0.4, 0.5) is 4.39 Å². The zero-order chi connectivity index (χ0) is 25.7. The quantitative estimate of drug-likeness (QED) is 0.366. The Morgan fingerprint density at radius 2 is 2.03 bits per heavy atom. The van der Waals surface area contributed by atoms with Gasteiger partial charge >= 0.3 is 29.6 Å². The first kappa shape index (κ1) is 29.1. The van der Waals surface area contributed by atoms with Crippen molar-refractivity contribution in [2.45, 2.75) is 56.7 Å². The summed E-state index contributed by atoms with van der Waals surface area (Å²) in [6, 6.07) is 14.1. The molecule has 190 valence electrons. The van der Waals surface area contributed by atoms with Gasteiger partial charge in [0.2, 0.25) is 0 Å². The van der Waals surface area contributed by atoms with Crippen LogP contribution in [-0.4, -0.2) is 45.3 Å². The third kappa shape index (κ3) is 7.52. The Bertz CT molecular complexity index is 1230. The molecule has 9 heteroatoms. The van der Waals surface area contributed by atoms with Crippen molar-refractivity contribution < 1.29 is 58.8 Å². The fourth-order valence-electron chi connectivity index (χ4n) is 4.80. The van der Waals surface area contributed by atoms with Crippen LogP contribution < -0.4 is 39.4 Å². The molecule has 37 heavy (non-hydrogen) atoms. The number of halogens is 1. The van der Waals surface area contributed by atoms with Crippen LogP contribution >= 0.6 is 0 Å². The molecular formula is C28H30FN2NaO5. The van der Waals surface area contributed by atoms with E-state index in [-0.39, 0.29) is 47.7 Å². The number of carbonyl (C=O) groups excluding carboxylic acids is 1. The number of carboxylic acids is 1. The van der Waals surface area contributed by atoms with E-state index in [1.165, 1.54) is 18.2 Å². The number of aliphatic carboxylic acids is 1. The van der Waals surface area contributed by atoms with Crippen LogP contribution in [0, 0.1) is 5.82 Å². The van der Waals surface area contributed by atoms with Crippen molar-refractivity contribution in [2.75, 3.05) is 7.11 Å². The number of rotatable bonds is 10. The molecule has 0 spiro atoms. The molecule has 3 aromatic rings. The molecule has 1 unspecified atom stereocenters. The maximum atomic E-state index is 13.6. The minimum absolute atomic E-state index is 0.